The molecule has 186 valence electrons. The molecule has 2 aliphatic rings. The Bertz CT molecular complexity index is 927. The van der Waals surface area contributed by atoms with Crippen molar-refractivity contribution in [1.82, 2.24) is 0 Å². The summed E-state index contributed by atoms with van der Waals surface area (Å²) >= 11 is 0. The van der Waals surface area contributed by atoms with Crippen LogP contribution < -0.4 is 0 Å². The number of hydrogen-bond donors (Lipinski definition) is 0. The first-order valence-corrected chi connectivity index (χ1v) is 11.8. The van der Waals surface area contributed by atoms with E-state index in [4.69, 9.17) is 38.9 Å². The molecule has 0 saturated heterocycles. The number of aliphatic imine (C=N–C) groups is 4. The Morgan fingerprint density at radius 3 is 1.35 bits per heavy atom. The van der Waals surface area contributed by atoms with Gasteiger partial charge >= 0.3 is 0 Å². The van der Waals surface area contributed by atoms with Gasteiger partial charge in [0.15, 0.2) is 0 Å². The lowest BCUT2D eigenvalue weighted by Crippen LogP contribution is -2.47. The summed E-state index contributed by atoms with van der Waals surface area (Å²) in [6, 6.07) is 6.95. The van der Waals surface area contributed by atoms with Gasteiger partial charge in [0.1, 0.15) is 24.2 Å². The fourth-order valence-electron chi connectivity index (χ4n) is 4.52. The summed E-state index contributed by atoms with van der Waals surface area (Å²) in [6.07, 6.45) is 0. The molecule has 4 atom stereocenters. The van der Waals surface area contributed by atoms with Crippen LogP contribution >= 0.6 is 0 Å². The summed E-state index contributed by atoms with van der Waals surface area (Å²) in [7, 11) is 6.54. The van der Waals surface area contributed by atoms with Crippen molar-refractivity contribution in [1.29, 1.82) is 0 Å². The number of rotatable bonds is 5. The highest BCUT2D eigenvalue weighted by atomic mass is 16.5. The number of benzene rings is 1. The number of hydrogen-bond acceptors (Lipinski definition) is 8. The lowest BCUT2D eigenvalue weighted by molar-refractivity contribution is 0.306. The summed E-state index contributed by atoms with van der Waals surface area (Å²) in [5, 5.41) is 0. The van der Waals surface area contributed by atoms with E-state index >= 15 is 0 Å². The van der Waals surface area contributed by atoms with Gasteiger partial charge in [0.2, 0.25) is 23.6 Å². The van der Waals surface area contributed by atoms with Gasteiger partial charge in [-0.25, -0.2) is 20.0 Å². The molecule has 34 heavy (non-hydrogen) atoms. The molecule has 0 unspecified atom stereocenters. The van der Waals surface area contributed by atoms with Crippen LogP contribution in [0.15, 0.2) is 44.2 Å². The Kier molecular flexibility index (Phi) is 8.33. The van der Waals surface area contributed by atoms with Crippen LogP contribution in [0, 0.1) is 18.8 Å². The van der Waals surface area contributed by atoms with E-state index in [0.29, 0.717) is 23.6 Å². The van der Waals surface area contributed by atoms with Crippen molar-refractivity contribution in [3.8, 4) is 0 Å². The van der Waals surface area contributed by atoms with Crippen molar-refractivity contribution in [2.75, 3.05) is 28.4 Å². The van der Waals surface area contributed by atoms with Gasteiger partial charge in [-0.15, -0.1) is 0 Å². The third kappa shape index (κ3) is 5.10. The van der Waals surface area contributed by atoms with Gasteiger partial charge in [0, 0.05) is 5.92 Å². The highest BCUT2D eigenvalue weighted by Crippen LogP contribution is 2.35. The molecule has 0 saturated carbocycles. The van der Waals surface area contributed by atoms with Crippen molar-refractivity contribution in [2.45, 2.75) is 64.7 Å². The standard InChI is InChI=1S/C26H38N4O4/c1-14(2)19-23(31-6)29-21(25(27-19)33-8)18(17-12-10-11-16(5)13-17)22-26(34-9)28-20(15(3)4)24(30-22)32-7/h10-15,18-22H,1-9H3/t19-,20-,21+,22+/m1/s1. The molecule has 0 fully saturated rings. The van der Waals surface area contributed by atoms with Crippen molar-refractivity contribution >= 4 is 23.6 Å². The largest absolute Gasteiger partial charge is 0.483 e. The zero-order valence-electron chi connectivity index (χ0n) is 21.8. The van der Waals surface area contributed by atoms with Crippen molar-refractivity contribution in [3.63, 3.8) is 0 Å². The second kappa shape index (κ2) is 11.0. The van der Waals surface area contributed by atoms with Crippen LogP contribution in [0.5, 0.6) is 0 Å². The maximum atomic E-state index is 5.81. The molecular weight excluding hydrogens is 432 g/mol. The second-order valence-electron chi connectivity index (χ2n) is 9.39. The summed E-state index contributed by atoms with van der Waals surface area (Å²) in [4.78, 5) is 19.9. The lowest BCUT2D eigenvalue weighted by Gasteiger charge is -2.36. The van der Waals surface area contributed by atoms with Crippen LogP contribution in [-0.2, 0) is 18.9 Å². The van der Waals surface area contributed by atoms with Gasteiger partial charge < -0.3 is 18.9 Å². The average Bonchev–Trinajstić information content (AvgIpc) is 2.83. The first-order chi connectivity index (χ1) is 16.2. The van der Waals surface area contributed by atoms with Gasteiger partial charge in [-0.05, 0) is 24.3 Å². The van der Waals surface area contributed by atoms with Gasteiger partial charge in [0.25, 0.3) is 0 Å². The summed E-state index contributed by atoms with van der Waals surface area (Å²) in [5.74, 6) is 2.37. The molecule has 0 radical (unpaired) electrons. The topological polar surface area (TPSA) is 86.4 Å². The van der Waals surface area contributed by atoms with E-state index < -0.39 is 12.1 Å². The fourth-order valence-corrected chi connectivity index (χ4v) is 4.52. The van der Waals surface area contributed by atoms with Crippen LogP contribution in [0.1, 0.15) is 44.7 Å². The van der Waals surface area contributed by atoms with E-state index in [-0.39, 0.29) is 29.8 Å². The Balaban J connectivity index is 2.21. The second-order valence-corrected chi connectivity index (χ2v) is 9.39. The number of methoxy groups -OCH3 is 4. The molecule has 8 heteroatoms. The minimum absolute atomic E-state index is 0.206. The summed E-state index contributed by atoms with van der Waals surface area (Å²) in [5.41, 5.74) is 2.17. The van der Waals surface area contributed by atoms with Crippen LogP contribution in [0.25, 0.3) is 0 Å². The van der Waals surface area contributed by atoms with Gasteiger partial charge in [-0.3, -0.25) is 0 Å². The number of aryl methyl sites for hydroxylation is 1. The Morgan fingerprint density at radius 2 is 1.00 bits per heavy atom. The zero-order valence-corrected chi connectivity index (χ0v) is 21.8. The molecule has 0 amide bonds. The van der Waals surface area contributed by atoms with E-state index in [1.54, 1.807) is 28.4 Å². The van der Waals surface area contributed by atoms with Crippen molar-refractivity contribution < 1.29 is 18.9 Å². The third-order valence-electron chi connectivity index (χ3n) is 6.28. The van der Waals surface area contributed by atoms with Crippen LogP contribution in [-0.4, -0.2) is 76.2 Å². The number of nitrogens with zero attached hydrogens (tertiary/aromatic N) is 4. The molecule has 2 aliphatic heterocycles. The number of ether oxygens (including phenoxy) is 4. The SMILES string of the molecule is COC1=N[C@H](C(C)C)C(OC)=N[C@H]1C(c1cccc(C)c1)[C@@H]1N=C(OC)[C@@H](C(C)C)N=C1OC. The summed E-state index contributed by atoms with van der Waals surface area (Å²) < 4.78 is 23.0. The van der Waals surface area contributed by atoms with E-state index in [9.17, 15) is 0 Å². The maximum absolute atomic E-state index is 5.81. The average molecular weight is 471 g/mol. The Labute approximate surface area is 203 Å². The Morgan fingerprint density at radius 1 is 0.618 bits per heavy atom. The van der Waals surface area contributed by atoms with Crippen molar-refractivity contribution in [2.24, 2.45) is 31.8 Å². The van der Waals surface area contributed by atoms with Crippen molar-refractivity contribution in [3.05, 3.63) is 35.4 Å². The molecule has 0 bridgehead atoms. The molecular formula is C26H38N4O4. The summed E-state index contributed by atoms with van der Waals surface area (Å²) in [6.45, 7) is 10.4. The predicted octanol–water partition coefficient (Wildman–Crippen LogP) is 4.07. The minimum atomic E-state index is -0.473. The molecule has 1 aromatic rings. The zero-order chi connectivity index (χ0) is 25.0. The monoisotopic (exact) mass is 470 g/mol. The molecule has 1 aromatic carbocycles. The predicted molar refractivity (Wildman–Crippen MR) is 137 cm³/mol. The van der Waals surface area contributed by atoms with E-state index in [2.05, 4.69) is 52.8 Å². The maximum Gasteiger partial charge on any atom is 0.210 e. The van der Waals surface area contributed by atoms with E-state index in [1.165, 1.54) is 0 Å². The van der Waals surface area contributed by atoms with E-state index in [1.807, 2.05) is 6.07 Å². The normalized spacial score (nSPS) is 24.9. The highest BCUT2D eigenvalue weighted by molar-refractivity contribution is 5.98. The molecule has 2 heterocycles. The molecule has 0 N–H and O–H groups in total. The molecule has 3 rings (SSSR count). The quantitative estimate of drug-likeness (QED) is 0.649. The molecule has 0 spiro atoms. The van der Waals surface area contributed by atoms with Gasteiger partial charge in [0.05, 0.1) is 28.4 Å². The first-order valence-electron chi connectivity index (χ1n) is 11.8. The van der Waals surface area contributed by atoms with Gasteiger partial charge in [-0.2, -0.15) is 0 Å². The van der Waals surface area contributed by atoms with Crippen LogP contribution in [0.2, 0.25) is 0 Å². The van der Waals surface area contributed by atoms with Crippen LogP contribution in [0.4, 0.5) is 0 Å². The van der Waals surface area contributed by atoms with Crippen LogP contribution in [0.3, 0.4) is 0 Å². The van der Waals surface area contributed by atoms with Gasteiger partial charge in [-0.1, -0.05) is 57.5 Å². The molecule has 8 nitrogen and oxygen atoms in total. The minimum Gasteiger partial charge on any atom is -0.483 e. The third-order valence-corrected chi connectivity index (χ3v) is 6.28. The lowest BCUT2D eigenvalue weighted by atomic mass is 9.82. The highest BCUT2D eigenvalue weighted by Gasteiger charge is 2.44. The molecule has 0 aliphatic carbocycles. The first kappa shape index (κ1) is 25.7. The Hall–Kier alpha value is -2.90. The fraction of sp³-hybridized carbons (Fsp3) is 0.615. The smallest absolute Gasteiger partial charge is 0.210 e. The molecule has 0 aromatic heterocycles. The van der Waals surface area contributed by atoms with E-state index in [0.717, 1.165) is 11.1 Å².